The van der Waals surface area contributed by atoms with Crippen molar-refractivity contribution in [3.8, 4) is 23.0 Å². The van der Waals surface area contributed by atoms with Crippen LogP contribution < -0.4 is 18.9 Å². The van der Waals surface area contributed by atoms with Crippen LogP contribution in [0, 0.1) is 11.3 Å². The molecule has 0 bridgehead atoms. The fraction of sp³-hybridized carbons (Fsp3) is 0.370. The fourth-order valence-electron chi connectivity index (χ4n) is 4.49. The second-order valence-electron chi connectivity index (χ2n) is 9.34. The molecule has 0 amide bonds. The summed E-state index contributed by atoms with van der Waals surface area (Å²) in [6, 6.07) is 11.6. The zero-order valence-electron chi connectivity index (χ0n) is 18.8. The first-order valence-corrected chi connectivity index (χ1v) is 11.2. The molecule has 0 unspecified atom stereocenters. The molecule has 5 rings (SSSR count). The molecule has 2 aliphatic heterocycles. The van der Waals surface area contributed by atoms with Crippen molar-refractivity contribution in [2.75, 3.05) is 13.6 Å². The molecule has 0 atom stereocenters. The highest BCUT2D eigenvalue weighted by atomic mass is 16.7. The zero-order valence-corrected chi connectivity index (χ0v) is 18.8. The van der Waals surface area contributed by atoms with Crippen LogP contribution >= 0.6 is 0 Å². The Morgan fingerprint density at radius 2 is 1.28 bits per heavy atom. The second-order valence-corrected chi connectivity index (χ2v) is 9.34. The second kappa shape index (κ2) is 8.05. The molecule has 1 fully saturated rings. The van der Waals surface area contributed by atoms with Gasteiger partial charge in [0.1, 0.15) is 0 Å². The molecule has 0 saturated heterocycles. The van der Waals surface area contributed by atoms with Crippen molar-refractivity contribution in [2.45, 2.75) is 40.0 Å². The van der Waals surface area contributed by atoms with E-state index >= 15 is 0 Å². The number of ketones is 1. The van der Waals surface area contributed by atoms with E-state index in [0.29, 0.717) is 5.92 Å². The molecule has 32 heavy (non-hydrogen) atoms. The maximum atomic E-state index is 13.5. The lowest BCUT2D eigenvalue weighted by molar-refractivity contribution is -0.113. The summed E-state index contributed by atoms with van der Waals surface area (Å²) in [5.74, 6) is 3.44. The van der Waals surface area contributed by atoms with E-state index in [1.807, 2.05) is 48.6 Å². The maximum Gasteiger partial charge on any atom is 0.231 e. The predicted octanol–water partition coefficient (Wildman–Crippen LogP) is 6.03. The van der Waals surface area contributed by atoms with Gasteiger partial charge in [-0.1, -0.05) is 39.3 Å². The Morgan fingerprint density at radius 1 is 0.812 bits per heavy atom. The minimum Gasteiger partial charge on any atom is -0.454 e. The standard InChI is InChI=1S/C27H28O5/c1-4-27(2,3)21-13-19(9-17-5-7-22-24(11-17)31-15-29-22)26(28)20(14-21)10-18-6-8-23-25(12-18)32-16-30-23/h5-12,21H,4,13-16H2,1-3H3. The van der Waals surface area contributed by atoms with Crippen LogP contribution in [0.3, 0.4) is 0 Å². The Balaban J connectivity index is 1.51. The third-order valence-corrected chi connectivity index (χ3v) is 7.01. The van der Waals surface area contributed by atoms with Gasteiger partial charge < -0.3 is 18.9 Å². The van der Waals surface area contributed by atoms with Gasteiger partial charge in [-0.3, -0.25) is 4.79 Å². The lowest BCUT2D eigenvalue weighted by Gasteiger charge is -2.37. The number of Topliss-reactive ketones (excluding diaryl/α,β-unsaturated/α-hetero) is 1. The van der Waals surface area contributed by atoms with Gasteiger partial charge >= 0.3 is 0 Å². The molecular formula is C27H28O5. The number of rotatable bonds is 4. The number of ether oxygens (including phenoxy) is 4. The van der Waals surface area contributed by atoms with Crippen molar-refractivity contribution in [3.05, 3.63) is 58.7 Å². The van der Waals surface area contributed by atoms with Crippen LogP contribution in [-0.4, -0.2) is 19.4 Å². The van der Waals surface area contributed by atoms with E-state index in [4.69, 9.17) is 18.9 Å². The van der Waals surface area contributed by atoms with Crippen LogP contribution in [-0.2, 0) is 4.79 Å². The Kier molecular flexibility index (Phi) is 5.20. The first-order valence-electron chi connectivity index (χ1n) is 11.2. The summed E-state index contributed by atoms with van der Waals surface area (Å²) in [5, 5.41) is 0. The van der Waals surface area contributed by atoms with Crippen molar-refractivity contribution >= 4 is 17.9 Å². The van der Waals surface area contributed by atoms with E-state index in [1.54, 1.807) is 0 Å². The third kappa shape index (κ3) is 3.88. The lowest BCUT2D eigenvalue weighted by Crippen LogP contribution is -2.30. The van der Waals surface area contributed by atoms with Crippen LogP contribution in [0.2, 0.25) is 0 Å². The highest BCUT2D eigenvalue weighted by Crippen LogP contribution is 2.44. The van der Waals surface area contributed by atoms with Crippen LogP contribution in [0.1, 0.15) is 51.2 Å². The van der Waals surface area contributed by atoms with Gasteiger partial charge in [0, 0.05) is 11.1 Å². The molecule has 1 aliphatic carbocycles. The molecular weight excluding hydrogens is 404 g/mol. The number of hydrogen-bond donors (Lipinski definition) is 0. The molecule has 0 spiro atoms. The largest absolute Gasteiger partial charge is 0.454 e. The van der Waals surface area contributed by atoms with Crippen molar-refractivity contribution < 1.29 is 23.7 Å². The number of fused-ring (bicyclic) bond motifs is 2. The van der Waals surface area contributed by atoms with Crippen molar-refractivity contribution in [1.82, 2.24) is 0 Å². The molecule has 2 aromatic rings. The van der Waals surface area contributed by atoms with Gasteiger partial charge in [0.05, 0.1) is 0 Å². The van der Waals surface area contributed by atoms with Gasteiger partial charge in [-0.25, -0.2) is 0 Å². The molecule has 0 aromatic heterocycles. The van der Waals surface area contributed by atoms with E-state index in [1.165, 1.54) is 0 Å². The van der Waals surface area contributed by atoms with Crippen LogP contribution in [0.25, 0.3) is 12.2 Å². The molecule has 0 N–H and O–H groups in total. The average molecular weight is 433 g/mol. The molecule has 5 heteroatoms. The van der Waals surface area contributed by atoms with E-state index in [9.17, 15) is 4.79 Å². The van der Waals surface area contributed by atoms with Gasteiger partial charge in [-0.05, 0) is 71.7 Å². The van der Waals surface area contributed by atoms with Crippen molar-refractivity contribution in [3.63, 3.8) is 0 Å². The zero-order chi connectivity index (χ0) is 22.3. The maximum absolute atomic E-state index is 13.5. The molecule has 0 radical (unpaired) electrons. The first-order chi connectivity index (χ1) is 15.4. The number of carbonyl (C=O) groups is 1. The average Bonchev–Trinajstić information content (AvgIpc) is 3.44. The summed E-state index contributed by atoms with van der Waals surface area (Å²) in [6.45, 7) is 7.29. The third-order valence-electron chi connectivity index (χ3n) is 7.01. The lowest BCUT2D eigenvalue weighted by atomic mass is 9.66. The summed E-state index contributed by atoms with van der Waals surface area (Å²) in [5.41, 5.74) is 3.72. The van der Waals surface area contributed by atoms with Gasteiger partial charge in [-0.15, -0.1) is 0 Å². The highest BCUT2D eigenvalue weighted by Gasteiger charge is 2.36. The number of allylic oxidation sites excluding steroid dienone is 2. The minimum atomic E-state index is 0.114. The quantitative estimate of drug-likeness (QED) is 0.553. The number of hydrogen-bond acceptors (Lipinski definition) is 5. The summed E-state index contributed by atoms with van der Waals surface area (Å²) < 4.78 is 21.9. The number of carbonyl (C=O) groups excluding carboxylic acids is 1. The number of benzene rings is 2. The fourth-order valence-corrected chi connectivity index (χ4v) is 4.49. The predicted molar refractivity (Wildman–Crippen MR) is 123 cm³/mol. The van der Waals surface area contributed by atoms with E-state index in [0.717, 1.165) is 64.5 Å². The highest BCUT2D eigenvalue weighted by molar-refractivity contribution is 6.14. The Morgan fingerprint density at radius 3 is 1.75 bits per heavy atom. The Hall–Kier alpha value is -3.21. The molecule has 2 heterocycles. The molecule has 2 aromatic carbocycles. The van der Waals surface area contributed by atoms with Crippen molar-refractivity contribution in [2.24, 2.45) is 11.3 Å². The van der Waals surface area contributed by atoms with Crippen LogP contribution in [0.4, 0.5) is 0 Å². The summed E-state index contributed by atoms with van der Waals surface area (Å²) >= 11 is 0. The molecule has 166 valence electrons. The van der Waals surface area contributed by atoms with Crippen LogP contribution in [0.5, 0.6) is 23.0 Å². The van der Waals surface area contributed by atoms with E-state index < -0.39 is 0 Å². The summed E-state index contributed by atoms with van der Waals surface area (Å²) in [6.07, 6.45) is 6.62. The topological polar surface area (TPSA) is 54.0 Å². The van der Waals surface area contributed by atoms with Crippen LogP contribution in [0.15, 0.2) is 47.5 Å². The van der Waals surface area contributed by atoms with E-state index in [-0.39, 0.29) is 24.8 Å². The van der Waals surface area contributed by atoms with Gasteiger partial charge in [0.25, 0.3) is 0 Å². The molecule has 5 nitrogen and oxygen atoms in total. The molecule has 3 aliphatic rings. The summed E-state index contributed by atoms with van der Waals surface area (Å²) in [7, 11) is 0. The van der Waals surface area contributed by atoms with Gasteiger partial charge in [0.15, 0.2) is 28.8 Å². The Labute approximate surface area is 188 Å². The smallest absolute Gasteiger partial charge is 0.231 e. The first kappa shape index (κ1) is 20.7. The SMILES string of the molecule is CCC(C)(C)C1CC(=Cc2ccc3c(c2)OCO3)C(=O)C(=Cc2ccc3c(c2)OCO3)C1. The Bertz CT molecular complexity index is 1050. The summed E-state index contributed by atoms with van der Waals surface area (Å²) in [4.78, 5) is 13.5. The normalized spacial score (nSPS) is 22.1. The monoisotopic (exact) mass is 432 g/mol. The minimum absolute atomic E-state index is 0.114. The van der Waals surface area contributed by atoms with Gasteiger partial charge in [0.2, 0.25) is 13.6 Å². The molecule has 1 saturated carbocycles. The van der Waals surface area contributed by atoms with Crippen molar-refractivity contribution in [1.29, 1.82) is 0 Å². The van der Waals surface area contributed by atoms with Gasteiger partial charge in [-0.2, -0.15) is 0 Å². The van der Waals surface area contributed by atoms with E-state index in [2.05, 4.69) is 20.8 Å².